The van der Waals surface area contributed by atoms with Crippen LogP contribution in [0.2, 0.25) is 0 Å². The fourth-order valence-corrected chi connectivity index (χ4v) is 2.20. The molecule has 2 aromatic rings. The minimum atomic E-state index is -0.141. The average molecular weight is 276 g/mol. The Morgan fingerprint density at radius 1 is 1.16 bits per heavy atom. The van der Waals surface area contributed by atoms with Crippen LogP contribution in [-0.2, 0) is 6.42 Å². The molecule has 0 aliphatic heterocycles. The van der Waals surface area contributed by atoms with E-state index in [1.54, 1.807) is 6.20 Å². The number of hydrogen-bond acceptors (Lipinski definition) is 2. The number of aliphatic hydroxyl groups excluding tert-OH is 1. The monoisotopic (exact) mass is 275 g/mol. The van der Waals surface area contributed by atoms with Crippen LogP contribution in [-0.4, -0.2) is 16.7 Å². The van der Waals surface area contributed by atoms with Gasteiger partial charge in [0.2, 0.25) is 0 Å². The smallest absolute Gasteiger partial charge is 0.0632 e. The van der Waals surface area contributed by atoms with E-state index in [0.29, 0.717) is 0 Å². The molecule has 19 heavy (non-hydrogen) atoms. The van der Waals surface area contributed by atoms with Crippen LogP contribution >= 0.6 is 11.6 Å². The average Bonchev–Trinajstić information content (AvgIpc) is 2.47. The van der Waals surface area contributed by atoms with E-state index in [-0.39, 0.29) is 17.9 Å². The molecule has 100 valence electrons. The summed E-state index contributed by atoms with van der Waals surface area (Å²) in [6.07, 6.45) is 4.53. The number of nitrogens with zero attached hydrogens (tertiary/aromatic N) is 1. The van der Waals surface area contributed by atoms with Gasteiger partial charge in [0.1, 0.15) is 0 Å². The second-order valence-electron chi connectivity index (χ2n) is 4.84. The predicted molar refractivity (Wildman–Crippen MR) is 78.3 cm³/mol. The SMILES string of the molecule is CC(CO)C(Cl)c1ccc(Cc2cccnc2)cc1. The first kappa shape index (κ1) is 14.0. The van der Waals surface area contributed by atoms with Gasteiger partial charge < -0.3 is 5.11 Å². The molecule has 1 aromatic heterocycles. The van der Waals surface area contributed by atoms with Crippen molar-refractivity contribution in [3.63, 3.8) is 0 Å². The van der Waals surface area contributed by atoms with Crippen molar-refractivity contribution in [2.75, 3.05) is 6.61 Å². The van der Waals surface area contributed by atoms with Crippen LogP contribution < -0.4 is 0 Å². The third-order valence-electron chi connectivity index (χ3n) is 3.22. The highest BCUT2D eigenvalue weighted by Crippen LogP contribution is 2.28. The summed E-state index contributed by atoms with van der Waals surface area (Å²) in [6.45, 7) is 2.05. The lowest BCUT2D eigenvalue weighted by molar-refractivity contribution is 0.233. The van der Waals surface area contributed by atoms with Crippen molar-refractivity contribution in [1.29, 1.82) is 0 Å². The van der Waals surface area contributed by atoms with Crippen molar-refractivity contribution < 1.29 is 5.11 Å². The zero-order valence-corrected chi connectivity index (χ0v) is 11.7. The lowest BCUT2D eigenvalue weighted by Gasteiger charge is -2.16. The van der Waals surface area contributed by atoms with Crippen LogP contribution in [0.4, 0.5) is 0 Å². The van der Waals surface area contributed by atoms with Gasteiger partial charge >= 0.3 is 0 Å². The lowest BCUT2D eigenvalue weighted by Crippen LogP contribution is -2.08. The van der Waals surface area contributed by atoms with E-state index in [1.807, 2.05) is 31.3 Å². The zero-order valence-electron chi connectivity index (χ0n) is 11.0. The van der Waals surface area contributed by atoms with Gasteiger partial charge in [-0.1, -0.05) is 37.3 Å². The maximum absolute atomic E-state index is 9.12. The molecule has 0 radical (unpaired) electrons. The Kier molecular flexibility index (Phi) is 4.94. The van der Waals surface area contributed by atoms with Crippen molar-refractivity contribution in [2.24, 2.45) is 5.92 Å². The quantitative estimate of drug-likeness (QED) is 0.846. The van der Waals surface area contributed by atoms with Crippen molar-refractivity contribution in [1.82, 2.24) is 4.98 Å². The fourth-order valence-electron chi connectivity index (χ4n) is 1.98. The molecule has 0 saturated heterocycles. The molecule has 0 spiro atoms. The van der Waals surface area contributed by atoms with Crippen LogP contribution in [0, 0.1) is 5.92 Å². The molecule has 0 amide bonds. The van der Waals surface area contributed by atoms with E-state index in [4.69, 9.17) is 16.7 Å². The molecular formula is C16H18ClNO. The molecule has 2 rings (SSSR count). The van der Waals surface area contributed by atoms with Gasteiger partial charge in [0.25, 0.3) is 0 Å². The van der Waals surface area contributed by atoms with E-state index in [0.717, 1.165) is 12.0 Å². The second-order valence-corrected chi connectivity index (χ2v) is 5.31. The number of alkyl halides is 1. The van der Waals surface area contributed by atoms with Gasteiger partial charge in [-0.15, -0.1) is 11.6 Å². The van der Waals surface area contributed by atoms with E-state index in [9.17, 15) is 0 Å². The van der Waals surface area contributed by atoms with Crippen LogP contribution in [0.15, 0.2) is 48.8 Å². The molecule has 2 nitrogen and oxygen atoms in total. The first-order valence-electron chi connectivity index (χ1n) is 6.43. The standard InChI is InChI=1S/C16H18ClNO/c1-12(11-19)16(17)15-6-4-13(5-7-15)9-14-3-2-8-18-10-14/h2-8,10,12,16,19H,9,11H2,1H3. The van der Waals surface area contributed by atoms with Crippen LogP contribution in [0.5, 0.6) is 0 Å². The molecule has 2 unspecified atom stereocenters. The minimum Gasteiger partial charge on any atom is -0.396 e. The topological polar surface area (TPSA) is 33.1 Å². The highest BCUT2D eigenvalue weighted by Gasteiger charge is 2.15. The third-order valence-corrected chi connectivity index (χ3v) is 3.90. The second kappa shape index (κ2) is 6.69. The number of aliphatic hydroxyl groups is 1. The molecule has 0 bridgehead atoms. The summed E-state index contributed by atoms with van der Waals surface area (Å²) < 4.78 is 0. The normalized spacial score (nSPS) is 14.1. The third kappa shape index (κ3) is 3.79. The fraction of sp³-hybridized carbons (Fsp3) is 0.312. The van der Waals surface area contributed by atoms with Gasteiger partial charge in [0.15, 0.2) is 0 Å². The summed E-state index contributed by atoms with van der Waals surface area (Å²) in [5.74, 6) is 0.0610. The summed E-state index contributed by atoms with van der Waals surface area (Å²) in [4.78, 5) is 4.11. The molecule has 0 aliphatic rings. The molecular weight excluding hydrogens is 258 g/mol. The van der Waals surface area contributed by atoms with Gasteiger partial charge in [-0.25, -0.2) is 0 Å². The Hall–Kier alpha value is -1.38. The van der Waals surface area contributed by atoms with E-state index < -0.39 is 0 Å². The summed E-state index contributed by atoms with van der Waals surface area (Å²) in [6, 6.07) is 12.3. The van der Waals surface area contributed by atoms with Crippen molar-refractivity contribution >= 4 is 11.6 Å². The van der Waals surface area contributed by atoms with Gasteiger partial charge in [-0.05, 0) is 35.1 Å². The maximum atomic E-state index is 9.12. The Morgan fingerprint density at radius 3 is 2.47 bits per heavy atom. The molecule has 1 aromatic carbocycles. The van der Waals surface area contributed by atoms with Crippen LogP contribution in [0.3, 0.4) is 0 Å². The summed E-state index contributed by atoms with van der Waals surface area (Å²) in [7, 11) is 0. The Labute approximate surface area is 119 Å². The molecule has 1 heterocycles. The van der Waals surface area contributed by atoms with Crippen molar-refractivity contribution in [3.8, 4) is 0 Å². The van der Waals surface area contributed by atoms with Gasteiger partial charge in [0.05, 0.1) is 5.38 Å². The molecule has 2 atom stereocenters. The Bertz CT molecular complexity index is 498. The number of hydrogen-bond donors (Lipinski definition) is 1. The van der Waals surface area contributed by atoms with E-state index >= 15 is 0 Å². The highest BCUT2D eigenvalue weighted by molar-refractivity contribution is 6.21. The molecule has 1 N–H and O–H groups in total. The lowest BCUT2D eigenvalue weighted by atomic mass is 9.98. The number of pyridine rings is 1. The van der Waals surface area contributed by atoms with Gasteiger partial charge in [-0.3, -0.25) is 4.98 Å². The summed E-state index contributed by atoms with van der Waals surface area (Å²) in [5, 5.41) is 8.98. The number of halogens is 1. The summed E-state index contributed by atoms with van der Waals surface area (Å²) >= 11 is 6.30. The van der Waals surface area contributed by atoms with Crippen LogP contribution in [0.1, 0.15) is 29.0 Å². The van der Waals surface area contributed by atoms with Crippen molar-refractivity contribution in [2.45, 2.75) is 18.7 Å². The van der Waals surface area contributed by atoms with Gasteiger partial charge in [-0.2, -0.15) is 0 Å². The first-order valence-corrected chi connectivity index (χ1v) is 6.87. The molecule has 0 saturated carbocycles. The number of aromatic nitrogens is 1. The predicted octanol–water partition coefficient (Wildman–Crippen LogP) is 3.58. The van der Waals surface area contributed by atoms with E-state index in [2.05, 4.69) is 23.2 Å². The van der Waals surface area contributed by atoms with E-state index in [1.165, 1.54) is 11.1 Å². The molecule has 3 heteroatoms. The minimum absolute atomic E-state index is 0.0610. The number of rotatable bonds is 5. The largest absolute Gasteiger partial charge is 0.396 e. The Morgan fingerprint density at radius 2 is 1.89 bits per heavy atom. The van der Waals surface area contributed by atoms with Crippen LogP contribution in [0.25, 0.3) is 0 Å². The first-order chi connectivity index (χ1) is 9.20. The molecule has 0 aliphatic carbocycles. The maximum Gasteiger partial charge on any atom is 0.0632 e. The van der Waals surface area contributed by atoms with Gasteiger partial charge in [0, 0.05) is 19.0 Å². The number of benzene rings is 1. The zero-order chi connectivity index (χ0) is 13.7. The Balaban J connectivity index is 2.06. The highest BCUT2D eigenvalue weighted by atomic mass is 35.5. The molecule has 0 fully saturated rings. The summed E-state index contributed by atoms with van der Waals surface area (Å²) in [5.41, 5.74) is 3.48. The van der Waals surface area contributed by atoms with Crippen molar-refractivity contribution in [3.05, 3.63) is 65.5 Å².